The third kappa shape index (κ3) is 6.13. The van der Waals surface area contributed by atoms with E-state index in [1.54, 1.807) is 30.3 Å². The van der Waals surface area contributed by atoms with Crippen LogP contribution in [0.1, 0.15) is 11.1 Å². The standard InChI is InChI=1S/C23H19BrCl2N2O6S/c1-31-22-10-15(8-17(24)23(22)34-13-14-2-4-18(25)19(26)9-14)12-27-28-35(29,30)16-3-5-20-21(11-16)33-7-6-32-20/h2-5,8-12,28H,6-7,13H2,1H3/b27-12-. The van der Waals surface area contributed by atoms with Crippen molar-refractivity contribution in [2.24, 2.45) is 5.10 Å². The first-order valence-electron chi connectivity index (χ1n) is 10.2. The summed E-state index contributed by atoms with van der Waals surface area (Å²) in [5, 5.41) is 4.77. The Bertz CT molecular complexity index is 1380. The molecule has 0 amide bonds. The highest BCUT2D eigenvalue weighted by molar-refractivity contribution is 9.10. The van der Waals surface area contributed by atoms with E-state index in [1.807, 2.05) is 6.07 Å². The molecule has 184 valence electrons. The van der Waals surface area contributed by atoms with Crippen LogP contribution in [0.4, 0.5) is 0 Å². The van der Waals surface area contributed by atoms with Crippen molar-refractivity contribution in [2.75, 3.05) is 20.3 Å². The van der Waals surface area contributed by atoms with E-state index < -0.39 is 10.0 Å². The van der Waals surface area contributed by atoms with Crippen LogP contribution < -0.4 is 23.8 Å². The predicted octanol–water partition coefficient (Wildman–Crippen LogP) is 5.43. The second-order valence-electron chi connectivity index (χ2n) is 7.23. The van der Waals surface area contributed by atoms with Crippen molar-refractivity contribution in [3.63, 3.8) is 0 Å². The molecular formula is C23H19BrCl2N2O6S. The molecule has 3 aromatic rings. The van der Waals surface area contributed by atoms with Gasteiger partial charge >= 0.3 is 0 Å². The summed E-state index contributed by atoms with van der Waals surface area (Å²) in [6, 6.07) is 13.0. The van der Waals surface area contributed by atoms with Crippen LogP contribution in [-0.2, 0) is 16.6 Å². The van der Waals surface area contributed by atoms with Crippen molar-refractivity contribution < 1.29 is 27.4 Å². The SMILES string of the molecule is COc1cc(/C=N\NS(=O)(=O)c2ccc3c(c2)OCCO3)cc(Br)c1OCc1ccc(Cl)c(Cl)c1. The first-order valence-corrected chi connectivity index (χ1v) is 13.2. The maximum atomic E-state index is 12.6. The average Bonchev–Trinajstić information content (AvgIpc) is 2.84. The lowest BCUT2D eigenvalue weighted by Crippen LogP contribution is -2.20. The van der Waals surface area contributed by atoms with Crippen LogP contribution in [0.2, 0.25) is 10.0 Å². The molecule has 1 aliphatic rings. The smallest absolute Gasteiger partial charge is 0.276 e. The van der Waals surface area contributed by atoms with Crippen LogP contribution >= 0.6 is 39.1 Å². The number of halogens is 3. The number of hydrazone groups is 1. The highest BCUT2D eigenvalue weighted by Gasteiger charge is 2.19. The molecule has 8 nitrogen and oxygen atoms in total. The number of benzene rings is 3. The molecular weight excluding hydrogens is 583 g/mol. The summed E-state index contributed by atoms with van der Waals surface area (Å²) in [5.41, 5.74) is 1.40. The van der Waals surface area contributed by atoms with Gasteiger partial charge in [0.1, 0.15) is 19.8 Å². The molecule has 0 saturated heterocycles. The Hall–Kier alpha value is -2.66. The molecule has 4 rings (SSSR count). The first kappa shape index (κ1) is 25.4. The van der Waals surface area contributed by atoms with Crippen LogP contribution in [-0.4, -0.2) is 35.0 Å². The molecule has 0 bridgehead atoms. The normalized spacial score (nSPS) is 13.0. The van der Waals surface area contributed by atoms with Crippen molar-refractivity contribution in [1.29, 1.82) is 0 Å². The molecule has 0 unspecified atom stereocenters. The molecule has 3 aromatic carbocycles. The highest BCUT2D eigenvalue weighted by Crippen LogP contribution is 2.37. The maximum Gasteiger partial charge on any atom is 0.276 e. The number of ether oxygens (including phenoxy) is 4. The molecule has 0 aromatic heterocycles. The van der Waals surface area contributed by atoms with Gasteiger partial charge in [0.05, 0.1) is 32.7 Å². The van der Waals surface area contributed by atoms with Crippen molar-refractivity contribution in [3.8, 4) is 23.0 Å². The van der Waals surface area contributed by atoms with Gasteiger partial charge in [0.25, 0.3) is 10.0 Å². The Morgan fingerprint density at radius 3 is 2.57 bits per heavy atom. The minimum atomic E-state index is -3.92. The van der Waals surface area contributed by atoms with Crippen LogP contribution in [0, 0.1) is 0 Å². The summed E-state index contributed by atoms with van der Waals surface area (Å²) < 4.78 is 48.0. The molecule has 0 saturated carbocycles. The molecule has 35 heavy (non-hydrogen) atoms. The molecule has 0 aliphatic carbocycles. The van der Waals surface area contributed by atoms with Gasteiger partial charge in [-0.3, -0.25) is 0 Å². The highest BCUT2D eigenvalue weighted by atomic mass is 79.9. The summed E-state index contributed by atoms with van der Waals surface area (Å²) in [4.78, 5) is 2.20. The molecule has 1 heterocycles. The lowest BCUT2D eigenvalue weighted by Gasteiger charge is -2.18. The van der Waals surface area contributed by atoms with Gasteiger partial charge in [0.15, 0.2) is 23.0 Å². The lowest BCUT2D eigenvalue weighted by molar-refractivity contribution is 0.171. The zero-order chi connectivity index (χ0) is 25.0. The quantitative estimate of drug-likeness (QED) is 0.273. The Kier molecular flexibility index (Phi) is 7.95. The van der Waals surface area contributed by atoms with E-state index in [1.165, 1.54) is 25.5 Å². The molecule has 0 atom stereocenters. The zero-order valence-corrected chi connectivity index (χ0v) is 22.2. The first-order chi connectivity index (χ1) is 16.8. The van der Waals surface area contributed by atoms with E-state index >= 15 is 0 Å². The third-order valence-electron chi connectivity index (χ3n) is 4.83. The van der Waals surface area contributed by atoms with Crippen molar-refractivity contribution >= 4 is 55.4 Å². The van der Waals surface area contributed by atoms with Gasteiger partial charge < -0.3 is 18.9 Å². The Labute approximate surface area is 220 Å². The molecule has 0 spiro atoms. The van der Waals surface area contributed by atoms with Crippen LogP contribution in [0.5, 0.6) is 23.0 Å². The van der Waals surface area contributed by atoms with Crippen molar-refractivity contribution in [1.82, 2.24) is 4.83 Å². The number of nitrogens with zero attached hydrogens (tertiary/aromatic N) is 1. The van der Waals surface area contributed by atoms with E-state index in [2.05, 4.69) is 25.9 Å². The van der Waals surface area contributed by atoms with E-state index in [4.69, 9.17) is 42.1 Å². The van der Waals surface area contributed by atoms with E-state index in [0.717, 1.165) is 5.56 Å². The number of hydrogen-bond acceptors (Lipinski definition) is 7. The van der Waals surface area contributed by atoms with E-state index in [9.17, 15) is 8.42 Å². The van der Waals surface area contributed by atoms with E-state index in [0.29, 0.717) is 56.3 Å². The average molecular weight is 602 g/mol. The van der Waals surface area contributed by atoms with Crippen LogP contribution in [0.15, 0.2) is 63.0 Å². The monoisotopic (exact) mass is 600 g/mol. The Morgan fingerprint density at radius 1 is 1.06 bits per heavy atom. The summed E-state index contributed by atoms with van der Waals surface area (Å²) in [7, 11) is -2.42. The fourth-order valence-corrected chi connectivity index (χ4v) is 4.85. The molecule has 1 N–H and O–H groups in total. The molecule has 1 aliphatic heterocycles. The summed E-state index contributed by atoms with van der Waals surface area (Å²) in [6.07, 6.45) is 1.35. The fourth-order valence-electron chi connectivity index (χ4n) is 3.15. The third-order valence-corrected chi connectivity index (χ3v) is 7.38. The number of methoxy groups -OCH3 is 1. The number of nitrogens with one attached hydrogen (secondary N) is 1. The molecule has 0 radical (unpaired) electrons. The Balaban J connectivity index is 1.46. The van der Waals surface area contributed by atoms with E-state index in [-0.39, 0.29) is 11.5 Å². The van der Waals surface area contributed by atoms with Gasteiger partial charge in [0, 0.05) is 6.07 Å². The van der Waals surface area contributed by atoms with Gasteiger partial charge in [-0.25, -0.2) is 4.83 Å². The number of rotatable bonds is 8. The van der Waals surface area contributed by atoms with Crippen molar-refractivity contribution in [2.45, 2.75) is 11.5 Å². The number of sulfonamides is 1. The topological polar surface area (TPSA) is 95.5 Å². The van der Waals surface area contributed by atoms with Crippen molar-refractivity contribution in [3.05, 3.63) is 74.2 Å². The molecule has 12 heteroatoms. The van der Waals surface area contributed by atoms with Gasteiger partial charge in [-0.05, 0) is 63.5 Å². The summed E-state index contributed by atoms with van der Waals surface area (Å²) in [5.74, 6) is 1.76. The minimum absolute atomic E-state index is 0.00344. The van der Waals surface area contributed by atoms with Gasteiger partial charge in [-0.1, -0.05) is 29.3 Å². The number of hydrogen-bond donors (Lipinski definition) is 1. The zero-order valence-electron chi connectivity index (χ0n) is 18.3. The number of fused-ring (bicyclic) bond motifs is 1. The van der Waals surface area contributed by atoms with Gasteiger partial charge in [-0.2, -0.15) is 13.5 Å². The largest absolute Gasteiger partial charge is 0.493 e. The predicted molar refractivity (Wildman–Crippen MR) is 137 cm³/mol. The minimum Gasteiger partial charge on any atom is -0.493 e. The summed E-state index contributed by atoms with van der Waals surface area (Å²) >= 11 is 15.5. The van der Waals surface area contributed by atoms with Crippen LogP contribution in [0.25, 0.3) is 0 Å². The molecule has 0 fully saturated rings. The summed E-state index contributed by atoms with van der Waals surface area (Å²) in [6.45, 7) is 1.00. The van der Waals surface area contributed by atoms with Gasteiger partial charge in [0.2, 0.25) is 0 Å². The second kappa shape index (κ2) is 10.9. The second-order valence-corrected chi connectivity index (χ2v) is 10.6. The van der Waals surface area contributed by atoms with Crippen LogP contribution in [0.3, 0.4) is 0 Å². The van der Waals surface area contributed by atoms with Gasteiger partial charge in [-0.15, -0.1) is 0 Å². The fraction of sp³-hybridized carbons (Fsp3) is 0.174. The Morgan fingerprint density at radius 2 is 1.83 bits per heavy atom. The lowest BCUT2D eigenvalue weighted by atomic mass is 10.2. The maximum absolute atomic E-state index is 12.6.